The number of carboxylic acid groups (broad SMARTS) is 1. The number of carbonyl (C=O) groups is 1. The Morgan fingerprint density at radius 3 is 2.47 bits per heavy atom. The molecule has 1 aromatic rings. The Morgan fingerprint density at radius 1 is 1.35 bits per heavy atom. The smallest absolute Gasteiger partial charge is 0.310 e. The molecular formula is C13H19NO3. The number of nitrogens with one attached hydrogen (secondary N) is 1. The summed E-state index contributed by atoms with van der Waals surface area (Å²) in [5.41, 5.74) is 0.00397. The van der Waals surface area contributed by atoms with E-state index in [1.54, 1.807) is 13.8 Å². The lowest BCUT2D eigenvalue weighted by Crippen LogP contribution is -2.37. The summed E-state index contributed by atoms with van der Waals surface area (Å²) in [5.74, 6) is -0.848. The summed E-state index contributed by atoms with van der Waals surface area (Å²) in [4.78, 5) is 10.9. The lowest BCUT2D eigenvalue weighted by molar-refractivity contribution is -0.146. The maximum Gasteiger partial charge on any atom is 0.310 e. The van der Waals surface area contributed by atoms with Crippen molar-refractivity contribution in [1.82, 2.24) is 5.32 Å². The maximum atomic E-state index is 10.9. The fourth-order valence-electron chi connectivity index (χ4n) is 1.39. The van der Waals surface area contributed by atoms with E-state index in [0.717, 1.165) is 5.56 Å². The van der Waals surface area contributed by atoms with E-state index in [-0.39, 0.29) is 0 Å². The average Bonchev–Trinajstić information content (AvgIpc) is 2.29. The van der Waals surface area contributed by atoms with E-state index in [4.69, 9.17) is 5.11 Å². The third-order valence-electron chi connectivity index (χ3n) is 2.67. The van der Waals surface area contributed by atoms with E-state index >= 15 is 0 Å². The van der Waals surface area contributed by atoms with Gasteiger partial charge in [-0.2, -0.15) is 0 Å². The lowest BCUT2D eigenvalue weighted by atomic mass is 9.94. The fraction of sp³-hybridized carbons (Fsp3) is 0.462. The van der Waals surface area contributed by atoms with Crippen molar-refractivity contribution in [1.29, 1.82) is 0 Å². The highest BCUT2D eigenvalue weighted by atomic mass is 16.4. The molecule has 0 aliphatic rings. The van der Waals surface area contributed by atoms with Gasteiger partial charge in [0.15, 0.2) is 0 Å². The SMILES string of the molecule is CC(C)(CNCC(O)c1ccccc1)C(=O)O. The van der Waals surface area contributed by atoms with Gasteiger partial charge >= 0.3 is 5.97 Å². The number of aliphatic hydroxyl groups excluding tert-OH is 1. The van der Waals surface area contributed by atoms with Gasteiger partial charge in [-0.25, -0.2) is 0 Å². The first-order chi connectivity index (χ1) is 7.93. The average molecular weight is 237 g/mol. The minimum Gasteiger partial charge on any atom is -0.481 e. The van der Waals surface area contributed by atoms with Crippen molar-refractivity contribution in [3.05, 3.63) is 35.9 Å². The number of aliphatic hydroxyl groups is 1. The number of aliphatic carboxylic acids is 1. The number of carboxylic acids is 1. The quantitative estimate of drug-likeness (QED) is 0.700. The Kier molecular flexibility index (Phi) is 4.66. The summed E-state index contributed by atoms with van der Waals surface area (Å²) in [6.07, 6.45) is -0.610. The molecule has 0 aliphatic carbocycles. The molecule has 4 heteroatoms. The number of benzene rings is 1. The molecule has 3 N–H and O–H groups in total. The molecule has 94 valence electrons. The van der Waals surface area contributed by atoms with E-state index in [2.05, 4.69) is 5.32 Å². The topological polar surface area (TPSA) is 69.6 Å². The second-order valence-corrected chi connectivity index (χ2v) is 4.75. The Bertz CT molecular complexity index is 362. The van der Waals surface area contributed by atoms with Crippen LogP contribution in [0.3, 0.4) is 0 Å². The second kappa shape index (κ2) is 5.80. The van der Waals surface area contributed by atoms with Gasteiger partial charge in [-0.05, 0) is 19.4 Å². The zero-order chi connectivity index (χ0) is 12.9. The molecule has 0 aromatic heterocycles. The summed E-state index contributed by atoms with van der Waals surface area (Å²) < 4.78 is 0. The van der Waals surface area contributed by atoms with Gasteiger partial charge in [0.2, 0.25) is 0 Å². The highest BCUT2D eigenvalue weighted by Crippen LogP contribution is 2.15. The molecule has 0 saturated heterocycles. The van der Waals surface area contributed by atoms with Crippen LogP contribution in [-0.2, 0) is 4.79 Å². The van der Waals surface area contributed by atoms with Crippen molar-refractivity contribution in [2.24, 2.45) is 5.41 Å². The third-order valence-corrected chi connectivity index (χ3v) is 2.67. The molecule has 0 radical (unpaired) electrons. The molecule has 0 spiro atoms. The molecule has 0 amide bonds. The molecule has 0 bridgehead atoms. The highest BCUT2D eigenvalue weighted by Gasteiger charge is 2.26. The first-order valence-corrected chi connectivity index (χ1v) is 5.60. The van der Waals surface area contributed by atoms with Crippen LogP contribution >= 0.6 is 0 Å². The Balaban J connectivity index is 2.40. The van der Waals surface area contributed by atoms with E-state index in [9.17, 15) is 9.90 Å². The summed E-state index contributed by atoms with van der Waals surface area (Å²) in [6, 6.07) is 9.29. The lowest BCUT2D eigenvalue weighted by Gasteiger charge is -2.21. The zero-order valence-electron chi connectivity index (χ0n) is 10.2. The highest BCUT2D eigenvalue weighted by molar-refractivity contribution is 5.73. The Morgan fingerprint density at radius 2 is 1.94 bits per heavy atom. The minimum atomic E-state index is -0.848. The molecule has 1 unspecified atom stereocenters. The summed E-state index contributed by atoms with van der Waals surface area (Å²) in [7, 11) is 0. The number of hydrogen-bond acceptors (Lipinski definition) is 3. The van der Waals surface area contributed by atoms with Crippen molar-refractivity contribution in [2.45, 2.75) is 20.0 Å². The minimum absolute atomic E-state index is 0.326. The largest absolute Gasteiger partial charge is 0.481 e. The monoisotopic (exact) mass is 237 g/mol. The predicted octanol–water partition coefficient (Wildman–Crippen LogP) is 1.42. The van der Waals surface area contributed by atoms with Crippen LogP contribution in [0.1, 0.15) is 25.5 Å². The van der Waals surface area contributed by atoms with E-state index in [1.807, 2.05) is 30.3 Å². The van der Waals surface area contributed by atoms with Gasteiger partial charge in [-0.15, -0.1) is 0 Å². The van der Waals surface area contributed by atoms with Crippen molar-refractivity contribution in [3.8, 4) is 0 Å². The zero-order valence-corrected chi connectivity index (χ0v) is 10.2. The molecule has 0 aliphatic heterocycles. The fourth-order valence-corrected chi connectivity index (χ4v) is 1.39. The Hall–Kier alpha value is -1.39. The number of rotatable bonds is 6. The van der Waals surface area contributed by atoms with E-state index < -0.39 is 17.5 Å². The van der Waals surface area contributed by atoms with Crippen LogP contribution in [0.25, 0.3) is 0 Å². The van der Waals surface area contributed by atoms with Crippen LogP contribution in [0.5, 0.6) is 0 Å². The van der Waals surface area contributed by atoms with Crippen LogP contribution in [0, 0.1) is 5.41 Å². The van der Waals surface area contributed by atoms with Gasteiger partial charge in [-0.1, -0.05) is 30.3 Å². The molecule has 4 nitrogen and oxygen atoms in total. The first kappa shape index (κ1) is 13.7. The van der Waals surface area contributed by atoms with Gasteiger partial charge < -0.3 is 15.5 Å². The van der Waals surface area contributed by atoms with E-state index in [1.165, 1.54) is 0 Å². The van der Waals surface area contributed by atoms with Gasteiger partial charge in [0, 0.05) is 13.1 Å². The van der Waals surface area contributed by atoms with Crippen LogP contribution in [0.15, 0.2) is 30.3 Å². The first-order valence-electron chi connectivity index (χ1n) is 5.60. The molecule has 1 rings (SSSR count). The van der Waals surface area contributed by atoms with Crippen LogP contribution in [0.4, 0.5) is 0 Å². The molecular weight excluding hydrogens is 218 g/mol. The van der Waals surface area contributed by atoms with Gasteiger partial charge in [0.1, 0.15) is 0 Å². The van der Waals surface area contributed by atoms with Gasteiger partial charge in [0.05, 0.1) is 11.5 Å². The molecule has 1 aromatic carbocycles. The summed E-state index contributed by atoms with van der Waals surface area (Å²) in [5, 5.41) is 21.7. The summed E-state index contributed by atoms with van der Waals surface area (Å²) >= 11 is 0. The Labute approximate surface area is 101 Å². The van der Waals surface area contributed by atoms with E-state index in [0.29, 0.717) is 13.1 Å². The normalized spacial score (nSPS) is 13.4. The number of hydrogen-bond donors (Lipinski definition) is 3. The molecule has 0 saturated carbocycles. The molecule has 17 heavy (non-hydrogen) atoms. The second-order valence-electron chi connectivity index (χ2n) is 4.75. The van der Waals surface area contributed by atoms with Crippen LogP contribution in [0.2, 0.25) is 0 Å². The van der Waals surface area contributed by atoms with Gasteiger partial charge in [-0.3, -0.25) is 4.79 Å². The molecule has 0 fully saturated rings. The molecule has 0 heterocycles. The summed E-state index contributed by atoms with van der Waals surface area (Å²) in [6.45, 7) is 3.97. The third kappa shape index (κ3) is 4.17. The molecule has 1 atom stereocenters. The predicted molar refractivity (Wildman–Crippen MR) is 65.7 cm³/mol. The van der Waals surface area contributed by atoms with Crippen molar-refractivity contribution in [2.75, 3.05) is 13.1 Å². The van der Waals surface area contributed by atoms with Crippen LogP contribution < -0.4 is 5.32 Å². The van der Waals surface area contributed by atoms with Crippen molar-refractivity contribution in [3.63, 3.8) is 0 Å². The standard InChI is InChI=1S/C13H19NO3/c1-13(2,12(16)17)9-14-8-11(15)10-6-4-3-5-7-10/h3-7,11,14-15H,8-9H2,1-2H3,(H,16,17). The van der Waals surface area contributed by atoms with Gasteiger partial charge in [0.25, 0.3) is 0 Å². The van der Waals surface area contributed by atoms with Crippen molar-refractivity contribution < 1.29 is 15.0 Å². The van der Waals surface area contributed by atoms with Crippen LogP contribution in [-0.4, -0.2) is 29.3 Å². The maximum absolute atomic E-state index is 10.9. The van der Waals surface area contributed by atoms with Crippen molar-refractivity contribution >= 4 is 5.97 Å².